The molecular formula is C36H61N3O9. The molecule has 3 aliphatic heterocycles. The van der Waals surface area contributed by atoms with Gasteiger partial charge in [-0.1, -0.05) is 45.1 Å². The highest BCUT2D eigenvalue weighted by molar-refractivity contribution is 5.70. The lowest BCUT2D eigenvalue weighted by Crippen LogP contribution is -2.52. The van der Waals surface area contributed by atoms with E-state index in [9.17, 15) is 24.9 Å². The van der Waals surface area contributed by atoms with Crippen LogP contribution in [-0.4, -0.2) is 117 Å². The number of piperazine rings is 1. The second-order valence-electron chi connectivity index (χ2n) is 14.7. The minimum Gasteiger partial charge on any atom is -0.457 e. The standard InChI is InChI=1S/C36H61N3O9/c1-9-28(41)26(6)33-29(45-33)22-35(7,48-37)15-10-11-24(4)32-25(5)12-13-30(36(8,44)16-14-27(40)21-31(42)47-32)46-34(43)39-19-17-38(18-20-39)23(2)3/h10-13,15,23,25-30,32-33,40-41,44H,9,14,16-22,37H2,1-8H3/b13-12+,15-10+,24-11+. The van der Waals surface area contributed by atoms with Gasteiger partial charge in [0.1, 0.15) is 17.3 Å². The lowest BCUT2D eigenvalue weighted by atomic mass is 9.88. The summed E-state index contributed by atoms with van der Waals surface area (Å²) in [5.41, 5.74) is -1.59. The number of ether oxygens (including phenoxy) is 3. The van der Waals surface area contributed by atoms with Crippen LogP contribution in [0.15, 0.2) is 36.0 Å². The van der Waals surface area contributed by atoms with Crippen LogP contribution in [0, 0.1) is 11.8 Å². The molecule has 0 bridgehead atoms. The van der Waals surface area contributed by atoms with Gasteiger partial charge in [0.2, 0.25) is 0 Å². The van der Waals surface area contributed by atoms with E-state index in [0.29, 0.717) is 32.0 Å². The molecule has 2 fully saturated rings. The zero-order valence-electron chi connectivity index (χ0n) is 30.2. The smallest absolute Gasteiger partial charge is 0.410 e. The summed E-state index contributed by atoms with van der Waals surface area (Å²) in [7, 11) is 0. The van der Waals surface area contributed by atoms with Gasteiger partial charge in [-0.05, 0) is 65.5 Å². The highest BCUT2D eigenvalue weighted by atomic mass is 16.6. The summed E-state index contributed by atoms with van der Waals surface area (Å²) < 4.78 is 17.6. The van der Waals surface area contributed by atoms with Gasteiger partial charge in [-0.25, -0.2) is 10.7 Å². The molecule has 2 saturated heterocycles. The average molecular weight is 680 g/mol. The molecule has 274 valence electrons. The van der Waals surface area contributed by atoms with Crippen LogP contribution >= 0.6 is 0 Å². The first-order valence-corrected chi connectivity index (χ1v) is 17.6. The molecule has 0 aliphatic carbocycles. The summed E-state index contributed by atoms with van der Waals surface area (Å²) in [6.07, 6.45) is 6.25. The molecule has 0 aromatic heterocycles. The van der Waals surface area contributed by atoms with Crippen molar-refractivity contribution in [2.24, 2.45) is 17.7 Å². The highest BCUT2D eigenvalue weighted by Gasteiger charge is 2.48. The molecular weight excluding hydrogens is 618 g/mol. The van der Waals surface area contributed by atoms with Crippen molar-refractivity contribution in [3.05, 3.63) is 36.0 Å². The number of nitrogens with two attached hydrogens (primary N) is 1. The van der Waals surface area contributed by atoms with Gasteiger partial charge in [-0.2, -0.15) is 0 Å². The molecule has 12 nitrogen and oxygen atoms in total. The van der Waals surface area contributed by atoms with Gasteiger partial charge >= 0.3 is 12.1 Å². The van der Waals surface area contributed by atoms with Crippen molar-refractivity contribution in [2.45, 2.75) is 141 Å². The van der Waals surface area contributed by atoms with Crippen molar-refractivity contribution in [2.75, 3.05) is 26.2 Å². The van der Waals surface area contributed by atoms with Crippen LogP contribution in [0.5, 0.6) is 0 Å². The first kappa shape index (κ1) is 40.1. The van der Waals surface area contributed by atoms with Crippen LogP contribution in [0.4, 0.5) is 4.79 Å². The Labute approximate surface area is 286 Å². The maximum absolute atomic E-state index is 13.2. The Kier molecular flexibility index (Phi) is 14.7. The first-order chi connectivity index (χ1) is 22.5. The van der Waals surface area contributed by atoms with E-state index in [2.05, 4.69) is 18.7 Å². The van der Waals surface area contributed by atoms with Gasteiger partial charge in [0.25, 0.3) is 0 Å². The van der Waals surface area contributed by atoms with Crippen molar-refractivity contribution >= 4 is 12.1 Å². The molecule has 10 unspecified atom stereocenters. The van der Waals surface area contributed by atoms with Crippen LogP contribution in [-0.2, 0) is 23.8 Å². The fourth-order valence-electron chi connectivity index (χ4n) is 6.48. The third-order valence-corrected chi connectivity index (χ3v) is 10.2. The summed E-state index contributed by atoms with van der Waals surface area (Å²) in [5.74, 6) is 4.78. The van der Waals surface area contributed by atoms with Crippen LogP contribution in [0.2, 0.25) is 0 Å². The van der Waals surface area contributed by atoms with Gasteiger partial charge in [-0.3, -0.25) is 14.5 Å². The zero-order chi connectivity index (χ0) is 35.8. The Morgan fingerprint density at radius 2 is 1.90 bits per heavy atom. The molecule has 0 spiro atoms. The molecule has 3 aliphatic rings. The number of amides is 1. The van der Waals surface area contributed by atoms with E-state index in [1.54, 1.807) is 30.1 Å². The number of aliphatic hydroxyl groups is 3. The summed E-state index contributed by atoms with van der Waals surface area (Å²) in [4.78, 5) is 35.4. The van der Waals surface area contributed by atoms with Crippen LogP contribution < -0.4 is 5.90 Å². The molecule has 0 aromatic rings. The number of epoxide rings is 1. The van der Waals surface area contributed by atoms with Gasteiger partial charge in [-0.15, -0.1) is 0 Å². The minimum atomic E-state index is -1.48. The number of hydrogen-bond acceptors (Lipinski definition) is 11. The number of nitrogens with zero attached hydrogens (tertiary/aromatic N) is 2. The lowest BCUT2D eigenvalue weighted by Gasteiger charge is -2.38. The summed E-state index contributed by atoms with van der Waals surface area (Å²) in [6.45, 7) is 17.9. The van der Waals surface area contributed by atoms with E-state index in [0.717, 1.165) is 18.7 Å². The number of esters is 1. The molecule has 0 saturated carbocycles. The van der Waals surface area contributed by atoms with E-state index in [1.807, 2.05) is 46.8 Å². The highest BCUT2D eigenvalue weighted by Crippen LogP contribution is 2.38. The van der Waals surface area contributed by atoms with Crippen molar-refractivity contribution in [3.63, 3.8) is 0 Å². The minimum absolute atomic E-state index is 0.00393. The maximum atomic E-state index is 13.2. The second kappa shape index (κ2) is 17.6. The number of aliphatic hydroxyl groups excluding tert-OH is 2. The maximum Gasteiger partial charge on any atom is 0.410 e. The fourth-order valence-corrected chi connectivity index (χ4v) is 6.48. The van der Waals surface area contributed by atoms with Gasteiger partial charge in [0, 0.05) is 50.5 Å². The number of cyclic esters (lactones) is 1. The Balaban J connectivity index is 1.76. The zero-order valence-corrected chi connectivity index (χ0v) is 30.2. The normalized spacial score (nSPS) is 34.5. The number of carbonyl (C=O) groups is 2. The molecule has 12 heteroatoms. The largest absolute Gasteiger partial charge is 0.457 e. The van der Waals surface area contributed by atoms with E-state index in [-0.39, 0.29) is 43.3 Å². The fraction of sp³-hybridized carbons (Fsp3) is 0.778. The van der Waals surface area contributed by atoms with E-state index >= 15 is 0 Å². The van der Waals surface area contributed by atoms with Crippen molar-refractivity contribution in [1.82, 2.24) is 9.80 Å². The average Bonchev–Trinajstić information content (AvgIpc) is 3.81. The Bertz CT molecular complexity index is 1150. The molecule has 3 rings (SSSR count). The molecule has 48 heavy (non-hydrogen) atoms. The number of carbonyl (C=O) groups excluding carboxylic acids is 2. The predicted octanol–water partition coefficient (Wildman–Crippen LogP) is 3.63. The summed E-state index contributed by atoms with van der Waals surface area (Å²) >= 11 is 0. The third-order valence-electron chi connectivity index (χ3n) is 10.2. The molecule has 1 amide bonds. The predicted molar refractivity (Wildman–Crippen MR) is 183 cm³/mol. The Morgan fingerprint density at radius 1 is 1.23 bits per heavy atom. The molecule has 0 aromatic carbocycles. The number of allylic oxidation sites excluding steroid dienone is 2. The third kappa shape index (κ3) is 11.4. The van der Waals surface area contributed by atoms with Crippen LogP contribution in [0.25, 0.3) is 0 Å². The lowest BCUT2D eigenvalue weighted by molar-refractivity contribution is -0.151. The monoisotopic (exact) mass is 679 g/mol. The van der Waals surface area contributed by atoms with Gasteiger partial charge in [0.05, 0.1) is 30.8 Å². The van der Waals surface area contributed by atoms with Crippen molar-refractivity contribution in [1.29, 1.82) is 0 Å². The van der Waals surface area contributed by atoms with Crippen LogP contribution in [0.1, 0.15) is 87.5 Å². The quantitative estimate of drug-likeness (QED) is 0.0828. The number of hydrogen-bond donors (Lipinski definition) is 4. The molecule has 0 radical (unpaired) electrons. The topological polar surface area (TPSA) is 168 Å². The SMILES string of the molecule is CCC(O)C(C)C1OC1CC(C)(/C=C/C=C(\C)C1OC(=O)CC(O)CCC(C)(O)C(OC(=O)N2CCN(C(C)C)CC2)/C=C/C1C)ON. The summed E-state index contributed by atoms with van der Waals surface area (Å²) in [5, 5.41) is 32.3. The van der Waals surface area contributed by atoms with Crippen molar-refractivity contribution in [3.8, 4) is 0 Å². The van der Waals surface area contributed by atoms with Crippen molar-refractivity contribution < 1.29 is 44.0 Å². The second-order valence-corrected chi connectivity index (χ2v) is 14.7. The summed E-state index contributed by atoms with van der Waals surface area (Å²) in [6, 6.07) is 0.389. The molecule has 5 N–H and O–H groups in total. The molecule has 10 atom stereocenters. The Morgan fingerprint density at radius 3 is 2.50 bits per heavy atom. The first-order valence-electron chi connectivity index (χ1n) is 17.6. The van der Waals surface area contributed by atoms with E-state index < -0.39 is 47.7 Å². The van der Waals surface area contributed by atoms with Gasteiger partial charge in [0.15, 0.2) is 6.10 Å². The van der Waals surface area contributed by atoms with E-state index in [4.69, 9.17) is 24.9 Å². The molecule has 3 heterocycles. The van der Waals surface area contributed by atoms with E-state index in [1.165, 1.54) is 0 Å². The van der Waals surface area contributed by atoms with Crippen LogP contribution in [0.3, 0.4) is 0 Å². The Hall–Kier alpha value is -2.32. The van der Waals surface area contributed by atoms with Gasteiger partial charge < -0.3 is 34.4 Å². The number of rotatable bonds is 11.